The first-order valence-electron chi connectivity index (χ1n) is 6.16. The molecule has 0 spiro atoms. The van der Waals surface area contributed by atoms with Gasteiger partial charge in [-0.15, -0.1) is 0 Å². The lowest BCUT2D eigenvalue weighted by Gasteiger charge is -2.41. The molecule has 0 aromatic carbocycles. The summed E-state index contributed by atoms with van der Waals surface area (Å²) in [7, 11) is 3.52. The number of ether oxygens (including phenoxy) is 2. The maximum Gasteiger partial charge on any atom is 0.0667 e. The number of nitrogens with two attached hydrogens (primary N) is 1. The Balaban J connectivity index is 2.48. The molecular weight excluding hydrogens is 204 g/mol. The fourth-order valence-corrected chi connectivity index (χ4v) is 2.37. The molecule has 1 saturated carbocycles. The normalized spacial score (nSPS) is 32.6. The van der Waals surface area contributed by atoms with E-state index in [0.717, 1.165) is 25.8 Å². The van der Waals surface area contributed by atoms with Gasteiger partial charge in [0.2, 0.25) is 0 Å². The van der Waals surface area contributed by atoms with E-state index in [1.54, 1.807) is 14.2 Å². The molecule has 96 valence electrons. The summed E-state index contributed by atoms with van der Waals surface area (Å²) in [5.41, 5.74) is 5.97. The Morgan fingerprint density at radius 3 is 2.81 bits per heavy atom. The number of methoxy groups -OCH3 is 2. The third-order valence-electron chi connectivity index (χ3n) is 3.69. The molecular formula is C12H26N2O2. The topological polar surface area (TPSA) is 56.5 Å². The van der Waals surface area contributed by atoms with Crippen molar-refractivity contribution in [3.63, 3.8) is 0 Å². The maximum atomic E-state index is 5.92. The second-order valence-electron chi connectivity index (χ2n) is 4.87. The van der Waals surface area contributed by atoms with E-state index in [4.69, 9.17) is 15.2 Å². The van der Waals surface area contributed by atoms with E-state index >= 15 is 0 Å². The minimum absolute atomic E-state index is 0.0473. The molecule has 1 aliphatic carbocycles. The number of rotatable bonds is 6. The van der Waals surface area contributed by atoms with Crippen LogP contribution in [0.15, 0.2) is 0 Å². The molecule has 0 aromatic heterocycles. The van der Waals surface area contributed by atoms with Crippen molar-refractivity contribution >= 4 is 0 Å². The van der Waals surface area contributed by atoms with Crippen LogP contribution < -0.4 is 11.1 Å². The van der Waals surface area contributed by atoms with Gasteiger partial charge in [-0.1, -0.05) is 0 Å². The minimum atomic E-state index is 0.0473. The van der Waals surface area contributed by atoms with Gasteiger partial charge < -0.3 is 20.5 Å². The summed E-state index contributed by atoms with van der Waals surface area (Å²) in [5.74, 6) is 0. The average Bonchev–Trinajstić information content (AvgIpc) is 2.36. The van der Waals surface area contributed by atoms with Crippen LogP contribution in [0.4, 0.5) is 0 Å². The van der Waals surface area contributed by atoms with Crippen molar-refractivity contribution in [2.75, 3.05) is 27.3 Å². The van der Waals surface area contributed by atoms with Gasteiger partial charge in [-0.25, -0.2) is 0 Å². The van der Waals surface area contributed by atoms with Gasteiger partial charge in [0.1, 0.15) is 0 Å². The van der Waals surface area contributed by atoms with Crippen molar-refractivity contribution in [3.8, 4) is 0 Å². The summed E-state index contributed by atoms with van der Waals surface area (Å²) in [6.45, 7) is 3.58. The Hall–Kier alpha value is -0.160. The number of nitrogens with one attached hydrogen (secondary N) is 1. The molecule has 3 unspecified atom stereocenters. The van der Waals surface area contributed by atoms with Gasteiger partial charge in [0, 0.05) is 32.8 Å². The maximum absolute atomic E-state index is 5.92. The van der Waals surface area contributed by atoms with Gasteiger partial charge in [0.15, 0.2) is 0 Å². The zero-order valence-electron chi connectivity index (χ0n) is 10.8. The molecule has 0 heterocycles. The highest BCUT2D eigenvalue weighted by Gasteiger charge is 2.35. The zero-order chi connectivity index (χ0) is 12.0. The summed E-state index contributed by atoms with van der Waals surface area (Å²) >= 11 is 0. The lowest BCUT2D eigenvalue weighted by Crippen LogP contribution is -2.56. The van der Waals surface area contributed by atoms with E-state index < -0.39 is 0 Å². The highest BCUT2D eigenvalue weighted by molar-refractivity contribution is 4.95. The summed E-state index contributed by atoms with van der Waals surface area (Å²) in [6.07, 6.45) is 5.06. The zero-order valence-corrected chi connectivity index (χ0v) is 10.8. The quantitative estimate of drug-likeness (QED) is 0.712. The molecule has 0 saturated heterocycles. The molecule has 4 heteroatoms. The van der Waals surface area contributed by atoms with E-state index in [1.807, 2.05) is 0 Å². The van der Waals surface area contributed by atoms with E-state index in [0.29, 0.717) is 12.6 Å². The molecule has 3 atom stereocenters. The van der Waals surface area contributed by atoms with Crippen molar-refractivity contribution in [3.05, 3.63) is 0 Å². The molecule has 3 N–H and O–H groups in total. The first-order chi connectivity index (χ1) is 7.65. The van der Waals surface area contributed by atoms with Crippen LogP contribution in [-0.4, -0.2) is 45.1 Å². The van der Waals surface area contributed by atoms with E-state index in [9.17, 15) is 0 Å². The predicted octanol–water partition coefficient (Wildman–Crippen LogP) is 0.897. The molecule has 16 heavy (non-hydrogen) atoms. The molecule has 0 amide bonds. The monoisotopic (exact) mass is 230 g/mol. The highest BCUT2D eigenvalue weighted by Crippen LogP contribution is 2.29. The average molecular weight is 230 g/mol. The minimum Gasteiger partial charge on any atom is -0.381 e. The van der Waals surface area contributed by atoms with Crippen molar-refractivity contribution in [2.24, 2.45) is 5.73 Å². The fourth-order valence-electron chi connectivity index (χ4n) is 2.37. The molecule has 1 rings (SSSR count). The predicted molar refractivity (Wildman–Crippen MR) is 65.5 cm³/mol. The van der Waals surface area contributed by atoms with Crippen LogP contribution in [0, 0.1) is 0 Å². The van der Waals surface area contributed by atoms with Crippen LogP contribution >= 0.6 is 0 Å². The third kappa shape index (κ3) is 3.70. The Morgan fingerprint density at radius 2 is 2.25 bits per heavy atom. The van der Waals surface area contributed by atoms with Crippen LogP contribution in [0.1, 0.15) is 32.6 Å². The van der Waals surface area contributed by atoms with Crippen molar-refractivity contribution in [1.29, 1.82) is 0 Å². The molecule has 0 bridgehead atoms. The first kappa shape index (κ1) is 13.9. The molecule has 0 radical (unpaired) electrons. The summed E-state index contributed by atoms with van der Waals surface area (Å²) in [4.78, 5) is 0. The standard InChI is InChI=1S/C12H26N2O2/c1-10(15-2)8-14-12(9-13)6-4-5-11(7-12)16-3/h10-11,14H,4-9,13H2,1-3H3. The molecule has 1 aliphatic rings. The van der Waals surface area contributed by atoms with Crippen molar-refractivity contribution in [1.82, 2.24) is 5.32 Å². The van der Waals surface area contributed by atoms with Gasteiger partial charge in [-0.05, 0) is 32.6 Å². The fraction of sp³-hybridized carbons (Fsp3) is 1.00. The summed E-state index contributed by atoms with van der Waals surface area (Å²) in [5, 5.41) is 3.57. The largest absolute Gasteiger partial charge is 0.381 e. The lowest BCUT2D eigenvalue weighted by atomic mass is 9.80. The molecule has 0 aromatic rings. The Kier molecular flexibility index (Phi) is 5.69. The third-order valence-corrected chi connectivity index (χ3v) is 3.69. The lowest BCUT2D eigenvalue weighted by molar-refractivity contribution is 0.0262. The van der Waals surface area contributed by atoms with Gasteiger partial charge in [-0.3, -0.25) is 0 Å². The van der Waals surface area contributed by atoms with Crippen LogP contribution in [0.2, 0.25) is 0 Å². The van der Waals surface area contributed by atoms with E-state index in [-0.39, 0.29) is 11.6 Å². The molecule has 1 fully saturated rings. The Morgan fingerprint density at radius 1 is 1.50 bits per heavy atom. The van der Waals surface area contributed by atoms with Crippen molar-refractivity contribution < 1.29 is 9.47 Å². The Labute approximate surface area is 98.9 Å². The summed E-state index contributed by atoms with van der Waals surface area (Å²) < 4.78 is 10.7. The Bertz CT molecular complexity index is 201. The molecule has 4 nitrogen and oxygen atoms in total. The van der Waals surface area contributed by atoms with Gasteiger partial charge in [0.25, 0.3) is 0 Å². The van der Waals surface area contributed by atoms with Gasteiger partial charge >= 0.3 is 0 Å². The smallest absolute Gasteiger partial charge is 0.0667 e. The number of hydrogen-bond acceptors (Lipinski definition) is 4. The summed E-state index contributed by atoms with van der Waals surface area (Å²) in [6, 6.07) is 0. The van der Waals surface area contributed by atoms with E-state index in [1.165, 1.54) is 6.42 Å². The second-order valence-corrected chi connectivity index (χ2v) is 4.87. The molecule has 0 aliphatic heterocycles. The van der Waals surface area contributed by atoms with Crippen molar-refractivity contribution in [2.45, 2.75) is 50.4 Å². The van der Waals surface area contributed by atoms with Crippen LogP contribution in [-0.2, 0) is 9.47 Å². The highest BCUT2D eigenvalue weighted by atomic mass is 16.5. The van der Waals surface area contributed by atoms with Crippen LogP contribution in [0.25, 0.3) is 0 Å². The first-order valence-corrected chi connectivity index (χ1v) is 6.16. The van der Waals surface area contributed by atoms with E-state index in [2.05, 4.69) is 12.2 Å². The number of hydrogen-bond donors (Lipinski definition) is 2. The second kappa shape index (κ2) is 6.55. The van der Waals surface area contributed by atoms with Crippen LogP contribution in [0.3, 0.4) is 0 Å². The van der Waals surface area contributed by atoms with Crippen LogP contribution in [0.5, 0.6) is 0 Å². The van der Waals surface area contributed by atoms with Gasteiger partial charge in [0.05, 0.1) is 12.2 Å². The van der Waals surface area contributed by atoms with Gasteiger partial charge in [-0.2, -0.15) is 0 Å². The SMILES string of the molecule is COC(C)CNC1(CN)CCCC(OC)C1.